The predicted molar refractivity (Wildman–Crippen MR) is 62.0 cm³/mol. The molecule has 1 rings (SSSR count). The summed E-state index contributed by atoms with van der Waals surface area (Å²) in [6, 6.07) is 7.65. The monoisotopic (exact) mass is 208 g/mol. The third-order valence-electron chi connectivity index (χ3n) is 2.59. The summed E-state index contributed by atoms with van der Waals surface area (Å²) in [7, 11) is 0. The van der Waals surface area contributed by atoms with Crippen molar-refractivity contribution in [2.45, 2.75) is 33.3 Å². The largest absolute Gasteiger partial charge is 0.493 e. The molecule has 15 heavy (non-hydrogen) atoms. The number of aliphatic hydroxyl groups is 1. The van der Waals surface area contributed by atoms with Crippen molar-refractivity contribution >= 4 is 0 Å². The van der Waals surface area contributed by atoms with E-state index < -0.39 is 6.10 Å². The second kappa shape index (κ2) is 5.76. The molecule has 2 atom stereocenters. The highest BCUT2D eigenvalue weighted by atomic mass is 16.5. The quantitative estimate of drug-likeness (QED) is 0.805. The fourth-order valence-corrected chi connectivity index (χ4v) is 1.31. The van der Waals surface area contributed by atoms with Gasteiger partial charge < -0.3 is 9.84 Å². The molecule has 0 bridgehead atoms. The molecular formula is C13H20O2. The number of aliphatic hydroxyl groups excluding tert-OH is 1. The lowest BCUT2D eigenvalue weighted by atomic mass is 10.1. The lowest BCUT2D eigenvalue weighted by molar-refractivity contribution is 0.186. The first-order chi connectivity index (χ1) is 7.15. The van der Waals surface area contributed by atoms with Crippen LogP contribution in [0.2, 0.25) is 0 Å². The Hall–Kier alpha value is -1.02. The number of para-hydroxylation sites is 1. The molecule has 0 heterocycles. The van der Waals surface area contributed by atoms with Crippen LogP contribution in [0, 0.1) is 5.92 Å². The van der Waals surface area contributed by atoms with Gasteiger partial charge in [0, 0.05) is 5.56 Å². The Balaban J connectivity index is 2.67. The van der Waals surface area contributed by atoms with Crippen LogP contribution in [0.3, 0.4) is 0 Å². The summed E-state index contributed by atoms with van der Waals surface area (Å²) < 4.78 is 5.69. The topological polar surface area (TPSA) is 29.5 Å². The number of benzene rings is 1. The Labute approximate surface area is 91.9 Å². The van der Waals surface area contributed by atoms with Crippen LogP contribution in [-0.4, -0.2) is 11.7 Å². The van der Waals surface area contributed by atoms with Crippen LogP contribution in [0.5, 0.6) is 5.75 Å². The maximum atomic E-state index is 9.55. The van der Waals surface area contributed by atoms with Gasteiger partial charge in [-0.25, -0.2) is 0 Å². The van der Waals surface area contributed by atoms with Crippen LogP contribution in [-0.2, 0) is 0 Å². The lowest BCUT2D eigenvalue weighted by Gasteiger charge is -2.15. The van der Waals surface area contributed by atoms with Gasteiger partial charge in [-0.3, -0.25) is 0 Å². The minimum atomic E-state index is -0.474. The second-order valence-corrected chi connectivity index (χ2v) is 4.04. The molecule has 1 aromatic carbocycles. The van der Waals surface area contributed by atoms with E-state index in [0.717, 1.165) is 17.7 Å². The van der Waals surface area contributed by atoms with Crippen LogP contribution in [0.25, 0.3) is 0 Å². The maximum Gasteiger partial charge on any atom is 0.125 e. The molecule has 0 aromatic heterocycles. The van der Waals surface area contributed by atoms with Crippen molar-refractivity contribution in [2.75, 3.05) is 6.61 Å². The van der Waals surface area contributed by atoms with Gasteiger partial charge in [-0.15, -0.1) is 0 Å². The fourth-order valence-electron chi connectivity index (χ4n) is 1.31. The molecule has 84 valence electrons. The summed E-state index contributed by atoms with van der Waals surface area (Å²) in [5, 5.41) is 9.55. The summed E-state index contributed by atoms with van der Waals surface area (Å²) in [6.45, 7) is 6.77. The third-order valence-corrected chi connectivity index (χ3v) is 2.59. The molecule has 0 radical (unpaired) electrons. The van der Waals surface area contributed by atoms with Crippen LogP contribution in [0.1, 0.15) is 38.9 Å². The van der Waals surface area contributed by atoms with Gasteiger partial charge >= 0.3 is 0 Å². The highest BCUT2D eigenvalue weighted by molar-refractivity contribution is 5.34. The van der Waals surface area contributed by atoms with E-state index in [1.165, 1.54) is 0 Å². The van der Waals surface area contributed by atoms with Crippen LogP contribution in [0.15, 0.2) is 24.3 Å². The zero-order chi connectivity index (χ0) is 11.3. The standard InChI is InChI=1S/C13H20O2/c1-4-10(2)9-15-13-8-6-5-7-12(13)11(3)14/h5-8,10-11,14H,4,9H2,1-3H3/t10?,11-/m1/s1. The smallest absolute Gasteiger partial charge is 0.125 e. The van der Waals surface area contributed by atoms with Gasteiger partial charge in [-0.2, -0.15) is 0 Å². The summed E-state index contributed by atoms with van der Waals surface area (Å²) in [5.41, 5.74) is 0.862. The van der Waals surface area contributed by atoms with Gasteiger partial charge in [0.1, 0.15) is 5.75 Å². The van der Waals surface area contributed by atoms with E-state index in [1.807, 2.05) is 24.3 Å². The minimum Gasteiger partial charge on any atom is -0.493 e. The summed E-state index contributed by atoms with van der Waals surface area (Å²) in [6.07, 6.45) is 0.634. The summed E-state index contributed by atoms with van der Waals surface area (Å²) in [4.78, 5) is 0. The molecule has 1 N–H and O–H groups in total. The molecule has 0 aliphatic heterocycles. The zero-order valence-electron chi connectivity index (χ0n) is 9.73. The predicted octanol–water partition coefficient (Wildman–Crippen LogP) is 3.16. The molecule has 0 aliphatic carbocycles. The molecular weight excluding hydrogens is 188 g/mol. The van der Waals surface area contributed by atoms with Gasteiger partial charge in [0.05, 0.1) is 12.7 Å². The van der Waals surface area contributed by atoms with Crippen molar-refractivity contribution in [3.8, 4) is 5.75 Å². The average Bonchev–Trinajstić information content (AvgIpc) is 2.26. The number of ether oxygens (including phenoxy) is 1. The molecule has 0 saturated heterocycles. The number of hydrogen-bond acceptors (Lipinski definition) is 2. The Morgan fingerprint density at radius 2 is 1.93 bits per heavy atom. The van der Waals surface area contributed by atoms with Crippen LogP contribution >= 0.6 is 0 Å². The molecule has 2 heteroatoms. The lowest BCUT2D eigenvalue weighted by Crippen LogP contribution is -2.09. The molecule has 0 saturated carbocycles. The fraction of sp³-hybridized carbons (Fsp3) is 0.538. The van der Waals surface area contributed by atoms with E-state index in [-0.39, 0.29) is 0 Å². The van der Waals surface area contributed by atoms with Crippen molar-refractivity contribution in [3.05, 3.63) is 29.8 Å². The molecule has 2 nitrogen and oxygen atoms in total. The van der Waals surface area contributed by atoms with E-state index in [0.29, 0.717) is 12.5 Å². The SMILES string of the molecule is CCC(C)COc1ccccc1[C@@H](C)O. The molecule has 0 fully saturated rings. The number of rotatable bonds is 5. The van der Waals surface area contributed by atoms with Crippen molar-refractivity contribution in [1.29, 1.82) is 0 Å². The molecule has 0 spiro atoms. The molecule has 1 unspecified atom stereocenters. The maximum absolute atomic E-state index is 9.55. The highest BCUT2D eigenvalue weighted by Gasteiger charge is 2.08. The van der Waals surface area contributed by atoms with E-state index in [1.54, 1.807) is 6.92 Å². The van der Waals surface area contributed by atoms with Crippen molar-refractivity contribution in [2.24, 2.45) is 5.92 Å². The van der Waals surface area contributed by atoms with Gasteiger partial charge in [-0.05, 0) is 18.9 Å². The van der Waals surface area contributed by atoms with Crippen molar-refractivity contribution < 1.29 is 9.84 Å². The Bertz CT molecular complexity index is 294. The van der Waals surface area contributed by atoms with Gasteiger partial charge in [-0.1, -0.05) is 38.5 Å². The molecule has 1 aromatic rings. The zero-order valence-corrected chi connectivity index (χ0v) is 9.73. The highest BCUT2D eigenvalue weighted by Crippen LogP contribution is 2.24. The Kier molecular flexibility index (Phi) is 4.63. The summed E-state index contributed by atoms with van der Waals surface area (Å²) >= 11 is 0. The van der Waals surface area contributed by atoms with Gasteiger partial charge in [0.15, 0.2) is 0 Å². The molecule has 0 amide bonds. The van der Waals surface area contributed by atoms with Crippen molar-refractivity contribution in [1.82, 2.24) is 0 Å². The first-order valence-electron chi connectivity index (χ1n) is 5.55. The van der Waals surface area contributed by atoms with E-state index in [2.05, 4.69) is 13.8 Å². The van der Waals surface area contributed by atoms with Gasteiger partial charge in [0.2, 0.25) is 0 Å². The molecule has 0 aliphatic rings. The minimum absolute atomic E-state index is 0.474. The van der Waals surface area contributed by atoms with Gasteiger partial charge in [0.25, 0.3) is 0 Å². The normalized spacial score (nSPS) is 14.7. The summed E-state index contributed by atoms with van der Waals surface area (Å²) in [5.74, 6) is 1.35. The Morgan fingerprint density at radius 3 is 2.53 bits per heavy atom. The van der Waals surface area contributed by atoms with E-state index in [4.69, 9.17) is 4.74 Å². The van der Waals surface area contributed by atoms with Crippen LogP contribution in [0.4, 0.5) is 0 Å². The van der Waals surface area contributed by atoms with E-state index in [9.17, 15) is 5.11 Å². The number of hydrogen-bond donors (Lipinski definition) is 1. The average molecular weight is 208 g/mol. The van der Waals surface area contributed by atoms with Crippen LogP contribution < -0.4 is 4.74 Å². The van der Waals surface area contributed by atoms with E-state index >= 15 is 0 Å². The second-order valence-electron chi connectivity index (χ2n) is 4.04. The first kappa shape index (κ1) is 12.1. The first-order valence-corrected chi connectivity index (χ1v) is 5.55. The Morgan fingerprint density at radius 1 is 1.27 bits per heavy atom. The third kappa shape index (κ3) is 3.56. The van der Waals surface area contributed by atoms with Crippen molar-refractivity contribution in [3.63, 3.8) is 0 Å².